The van der Waals surface area contributed by atoms with E-state index in [9.17, 15) is 8.78 Å². The number of anilines is 1. The Labute approximate surface area is 94.9 Å². The molecule has 0 fully saturated rings. The number of halogens is 2. The summed E-state index contributed by atoms with van der Waals surface area (Å²) in [4.78, 5) is 0. The summed E-state index contributed by atoms with van der Waals surface area (Å²) < 4.78 is 27.5. The van der Waals surface area contributed by atoms with E-state index in [0.717, 1.165) is 6.54 Å². The highest BCUT2D eigenvalue weighted by molar-refractivity contribution is 5.56. The van der Waals surface area contributed by atoms with Crippen LogP contribution < -0.4 is 5.32 Å². The lowest BCUT2D eigenvalue weighted by atomic mass is 9.85. The van der Waals surface area contributed by atoms with Gasteiger partial charge >= 0.3 is 0 Å². The van der Waals surface area contributed by atoms with Gasteiger partial charge in [-0.15, -0.1) is 0 Å². The lowest BCUT2D eigenvalue weighted by molar-refractivity contribution is 0.384. The van der Waals surface area contributed by atoms with Crippen molar-refractivity contribution >= 4 is 5.69 Å². The van der Waals surface area contributed by atoms with Gasteiger partial charge < -0.3 is 5.32 Å². The second kappa shape index (κ2) is 4.04. The first-order valence-electron chi connectivity index (χ1n) is 5.72. The Balaban J connectivity index is 2.44. The number of hydrogen-bond donors (Lipinski definition) is 1. The van der Waals surface area contributed by atoms with Crippen molar-refractivity contribution in [2.75, 3.05) is 11.9 Å². The minimum absolute atomic E-state index is 0.255. The largest absolute Gasteiger partial charge is 0.382 e. The van der Waals surface area contributed by atoms with Gasteiger partial charge in [0.15, 0.2) is 0 Å². The predicted molar refractivity (Wildman–Crippen MR) is 61.6 cm³/mol. The Morgan fingerprint density at radius 3 is 2.69 bits per heavy atom. The van der Waals surface area contributed by atoms with Crippen LogP contribution in [0.1, 0.15) is 25.0 Å². The molecule has 88 valence electrons. The highest BCUT2D eigenvalue weighted by atomic mass is 19.1. The molecule has 0 spiro atoms. The van der Waals surface area contributed by atoms with Gasteiger partial charge in [-0.25, -0.2) is 8.78 Å². The van der Waals surface area contributed by atoms with E-state index in [4.69, 9.17) is 0 Å². The van der Waals surface area contributed by atoms with Gasteiger partial charge in [-0.05, 0) is 36.8 Å². The molecule has 3 heteroatoms. The van der Waals surface area contributed by atoms with E-state index in [1.165, 1.54) is 6.07 Å². The van der Waals surface area contributed by atoms with Crippen LogP contribution in [-0.4, -0.2) is 6.54 Å². The van der Waals surface area contributed by atoms with Gasteiger partial charge in [-0.3, -0.25) is 0 Å². The van der Waals surface area contributed by atoms with E-state index < -0.39 is 0 Å². The molecule has 0 aromatic heterocycles. The number of hydrogen-bond acceptors (Lipinski definition) is 1. The quantitative estimate of drug-likeness (QED) is 0.771. The Hall–Kier alpha value is -1.12. The van der Waals surface area contributed by atoms with Crippen LogP contribution in [0.15, 0.2) is 6.07 Å². The Morgan fingerprint density at radius 1 is 1.38 bits per heavy atom. The minimum atomic E-state index is -0.337. The van der Waals surface area contributed by atoms with Crippen LogP contribution in [-0.2, 0) is 6.42 Å². The molecule has 16 heavy (non-hydrogen) atoms. The SMILES string of the molecule is Cc1cc(F)c2c(c1F)CC(C(C)C)CN2. The number of benzene rings is 1. The van der Waals surface area contributed by atoms with Gasteiger partial charge in [-0.2, -0.15) is 0 Å². The van der Waals surface area contributed by atoms with Gasteiger partial charge in [0.05, 0.1) is 5.69 Å². The van der Waals surface area contributed by atoms with E-state index in [1.807, 2.05) is 0 Å². The van der Waals surface area contributed by atoms with E-state index >= 15 is 0 Å². The molecule has 1 unspecified atom stereocenters. The Bertz CT molecular complexity index is 413. The Kier molecular flexibility index (Phi) is 2.87. The van der Waals surface area contributed by atoms with Crippen molar-refractivity contribution in [2.45, 2.75) is 27.2 Å². The number of rotatable bonds is 1. The van der Waals surface area contributed by atoms with E-state index in [1.54, 1.807) is 6.92 Å². The molecule has 1 N–H and O–H groups in total. The average Bonchev–Trinajstić information content (AvgIpc) is 2.25. The van der Waals surface area contributed by atoms with E-state index in [-0.39, 0.29) is 11.6 Å². The van der Waals surface area contributed by atoms with Crippen LogP contribution in [0.25, 0.3) is 0 Å². The molecule has 1 aliphatic rings. The third kappa shape index (κ3) is 1.79. The molecule has 1 nitrogen and oxygen atoms in total. The van der Waals surface area contributed by atoms with Gasteiger partial charge in [0.1, 0.15) is 11.6 Å². The number of fused-ring (bicyclic) bond motifs is 1. The summed E-state index contributed by atoms with van der Waals surface area (Å²) in [5.74, 6) is 0.261. The first-order chi connectivity index (χ1) is 7.50. The zero-order valence-electron chi connectivity index (χ0n) is 9.90. The van der Waals surface area contributed by atoms with Crippen molar-refractivity contribution in [3.05, 3.63) is 28.8 Å². The van der Waals surface area contributed by atoms with Crippen molar-refractivity contribution in [2.24, 2.45) is 11.8 Å². The number of nitrogens with one attached hydrogen (secondary N) is 1. The molecule has 0 saturated heterocycles. The maximum Gasteiger partial charge on any atom is 0.147 e. The highest BCUT2D eigenvalue weighted by Gasteiger charge is 2.26. The van der Waals surface area contributed by atoms with Crippen molar-refractivity contribution in [1.82, 2.24) is 0 Å². The molecule has 0 amide bonds. The second-order valence-electron chi connectivity index (χ2n) is 4.93. The van der Waals surface area contributed by atoms with Crippen LogP contribution in [0.2, 0.25) is 0 Å². The fourth-order valence-electron chi connectivity index (χ4n) is 2.24. The predicted octanol–water partition coefficient (Wildman–Crippen LogP) is 3.51. The van der Waals surface area contributed by atoms with Crippen LogP contribution in [0.5, 0.6) is 0 Å². The molecule has 1 aliphatic heterocycles. The fraction of sp³-hybridized carbons (Fsp3) is 0.538. The number of aryl methyl sites for hydroxylation is 1. The molecule has 0 saturated carbocycles. The van der Waals surface area contributed by atoms with Crippen LogP contribution in [0, 0.1) is 30.4 Å². The van der Waals surface area contributed by atoms with E-state index in [0.29, 0.717) is 35.1 Å². The third-order valence-corrected chi connectivity index (χ3v) is 3.45. The summed E-state index contributed by atoms with van der Waals surface area (Å²) in [6.07, 6.45) is 0.629. The van der Waals surface area contributed by atoms with Crippen molar-refractivity contribution in [3.8, 4) is 0 Å². The topological polar surface area (TPSA) is 12.0 Å². The summed E-state index contributed by atoms with van der Waals surface area (Å²) in [6, 6.07) is 1.26. The Morgan fingerprint density at radius 2 is 2.06 bits per heavy atom. The van der Waals surface area contributed by atoms with Gasteiger partial charge in [0.25, 0.3) is 0 Å². The maximum absolute atomic E-state index is 13.9. The first kappa shape index (κ1) is 11.4. The summed E-state index contributed by atoms with van der Waals surface area (Å²) in [7, 11) is 0. The lowest BCUT2D eigenvalue weighted by Crippen LogP contribution is -2.28. The fourth-order valence-corrected chi connectivity index (χ4v) is 2.24. The van der Waals surface area contributed by atoms with E-state index in [2.05, 4.69) is 19.2 Å². The molecular weight excluding hydrogens is 208 g/mol. The normalized spacial score (nSPS) is 19.5. The van der Waals surface area contributed by atoms with Gasteiger partial charge in [0.2, 0.25) is 0 Å². The highest BCUT2D eigenvalue weighted by Crippen LogP contribution is 2.33. The van der Waals surface area contributed by atoms with Gasteiger partial charge in [-0.1, -0.05) is 13.8 Å². The van der Waals surface area contributed by atoms with Gasteiger partial charge in [0, 0.05) is 12.1 Å². The van der Waals surface area contributed by atoms with Crippen LogP contribution >= 0.6 is 0 Å². The molecule has 1 atom stereocenters. The minimum Gasteiger partial charge on any atom is -0.382 e. The van der Waals surface area contributed by atoms with Crippen LogP contribution in [0.4, 0.5) is 14.5 Å². The average molecular weight is 225 g/mol. The van der Waals surface area contributed by atoms with Crippen molar-refractivity contribution in [1.29, 1.82) is 0 Å². The molecule has 0 aliphatic carbocycles. The van der Waals surface area contributed by atoms with Crippen LogP contribution in [0.3, 0.4) is 0 Å². The summed E-state index contributed by atoms with van der Waals surface area (Å²) in [5, 5.41) is 3.02. The first-order valence-corrected chi connectivity index (χ1v) is 5.72. The van der Waals surface area contributed by atoms with Crippen molar-refractivity contribution < 1.29 is 8.78 Å². The molecule has 2 rings (SSSR count). The third-order valence-electron chi connectivity index (χ3n) is 3.45. The molecular formula is C13H17F2N. The smallest absolute Gasteiger partial charge is 0.147 e. The summed E-state index contributed by atoms with van der Waals surface area (Å²) in [6.45, 7) is 6.56. The lowest BCUT2D eigenvalue weighted by Gasteiger charge is -2.29. The molecule has 0 bridgehead atoms. The molecule has 1 heterocycles. The zero-order chi connectivity index (χ0) is 11.9. The molecule has 1 aromatic carbocycles. The summed E-state index contributed by atoms with van der Waals surface area (Å²) >= 11 is 0. The summed E-state index contributed by atoms with van der Waals surface area (Å²) in [5.41, 5.74) is 1.27. The maximum atomic E-state index is 13.9. The van der Waals surface area contributed by atoms with Crippen molar-refractivity contribution in [3.63, 3.8) is 0 Å². The monoisotopic (exact) mass is 225 g/mol. The zero-order valence-corrected chi connectivity index (χ0v) is 9.90. The molecule has 1 aromatic rings. The standard InChI is InChI=1S/C13H17F2N/c1-7(2)9-5-10-12(15)8(3)4-11(14)13(10)16-6-9/h4,7,9,16H,5-6H2,1-3H3. The second-order valence-corrected chi connectivity index (χ2v) is 4.93. The molecule has 0 radical (unpaired) electrons.